The van der Waals surface area contributed by atoms with Crippen LogP contribution in [0.5, 0.6) is 5.75 Å². The van der Waals surface area contributed by atoms with Crippen LogP contribution >= 0.6 is 0 Å². The Labute approximate surface area is 137 Å². The first-order valence-corrected chi connectivity index (χ1v) is 7.58. The van der Waals surface area contributed by atoms with Crippen LogP contribution in [0.1, 0.15) is 16.7 Å². The Hall–Kier alpha value is -2.75. The van der Waals surface area contributed by atoms with E-state index in [1.54, 1.807) is 13.3 Å². The summed E-state index contributed by atoms with van der Waals surface area (Å²) in [5.41, 5.74) is 3.38. The maximum Gasteiger partial charge on any atom is 0.318 e. The summed E-state index contributed by atoms with van der Waals surface area (Å²) in [6, 6.07) is 15.6. The highest BCUT2D eigenvalue weighted by molar-refractivity contribution is 5.76. The number of aryl methyl sites for hydroxylation is 1. The topological polar surface area (TPSA) is 50.4 Å². The van der Waals surface area contributed by atoms with Crippen molar-refractivity contribution in [1.29, 1.82) is 0 Å². The lowest BCUT2D eigenvalue weighted by Gasteiger charge is -2.06. The van der Waals surface area contributed by atoms with Gasteiger partial charge in [0.2, 0.25) is 0 Å². The highest BCUT2D eigenvalue weighted by Gasteiger charge is 1.99. The molecule has 0 unspecified atom stereocenters. The van der Waals surface area contributed by atoms with Crippen LogP contribution in [0.15, 0.2) is 54.7 Å². The van der Waals surface area contributed by atoms with Crippen molar-refractivity contribution in [3.63, 3.8) is 0 Å². The molecule has 0 fully saturated rings. The minimum Gasteiger partial charge on any atom is -0.497 e. The molecule has 0 saturated carbocycles. The fourth-order valence-electron chi connectivity index (χ4n) is 2.18. The molecule has 4 nitrogen and oxygen atoms in total. The van der Waals surface area contributed by atoms with Crippen molar-refractivity contribution in [3.05, 3.63) is 71.4 Å². The van der Waals surface area contributed by atoms with Gasteiger partial charge in [-0.25, -0.2) is 4.79 Å². The van der Waals surface area contributed by atoms with Gasteiger partial charge in [0.25, 0.3) is 0 Å². The third-order valence-corrected chi connectivity index (χ3v) is 3.50. The number of carbonyl (C=O) groups is 1. The molecule has 2 aromatic rings. The zero-order valence-corrected chi connectivity index (χ0v) is 13.5. The van der Waals surface area contributed by atoms with E-state index in [4.69, 9.17) is 4.74 Å². The van der Waals surface area contributed by atoms with Crippen molar-refractivity contribution < 1.29 is 9.53 Å². The first-order chi connectivity index (χ1) is 11.2. The number of carbonyl (C=O) groups excluding carboxylic acids is 1. The van der Waals surface area contributed by atoms with E-state index in [-0.39, 0.29) is 6.03 Å². The second kappa shape index (κ2) is 8.63. The van der Waals surface area contributed by atoms with E-state index >= 15 is 0 Å². The molecule has 0 atom stereocenters. The van der Waals surface area contributed by atoms with Gasteiger partial charge in [-0.1, -0.05) is 36.4 Å². The molecular formula is C19H22N2O2. The van der Waals surface area contributed by atoms with Gasteiger partial charge in [0.05, 0.1) is 7.11 Å². The summed E-state index contributed by atoms with van der Waals surface area (Å²) in [6.07, 6.45) is 4.30. The summed E-state index contributed by atoms with van der Waals surface area (Å²) >= 11 is 0. The largest absolute Gasteiger partial charge is 0.497 e. The second-order valence-electron chi connectivity index (χ2n) is 5.19. The quantitative estimate of drug-likeness (QED) is 0.858. The predicted octanol–water partition coefficient (Wildman–Crippen LogP) is 3.52. The Morgan fingerprint density at radius 3 is 2.78 bits per heavy atom. The average Bonchev–Trinajstić information content (AvgIpc) is 2.57. The Balaban J connectivity index is 1.74. The van der Waals surface area contributed by atoms with Crippen molar-refractivity contribution in [1.82, 2.24) is 10.6 Å². The highest BCUT2D eigenvalue weighted by atomic mass is 16.5. The number of hydrogen-bond acceptors (Lipinski definition) is 2. The second-order valence-corrected chi connectivity index (χ2v) is 5.19. The molecule has 0 aliphatic carbocycles. The van der Waals surface area contributed by atoms with Crippen molar-refractivity contribution in [2.24, 2.45) is 0 Å². The van der Waals surface area contributed by atoms with Crippen LogP contribution in [-0.4, -0.2) is 19.7 Å². The average molecular weight is 310 g/mol. The van der Waals surface area contributed by atoms with Gasteiger partial charge in [-0.05, 0) is 48.2 Å². The Morgan fingerprint density at radius 1 is 1.17 bits per heavy atom. The first-order valence-electron chi connectivity index (χ1n) is 7.58. The van der Waals surface area contributed by atoms with Crippen LogP contribution in [0.2, 0.25) is 0 Å². The zero-order valence-electron chi connectivity index (χ0n) is 13.5. The van der Waals surface area contributed by atoms with E-state index < -0.39 is 0 Å². The lowest BCUT2D eigenvalue weighted by molar-refractivity contribution is 0.244. The van der Waals surface area contributed by atoms with Crippen LogP contribution in [0, 0.1) is 6.92 Å². The molecule has 0 aliphatic heterocycles. The molecule has 0 aromatic heterocycles. The predicted molar refractivity (Wildman–Crippen MR) is 93.4 cm³/mol. The lowest BCUT2D eigenvalue weighted by Crippen LogP contribution is -2.33. The van der Waals surface area contributed by atoms with Crippen molar-refractivity contribution >= 4 is 12.1 Å². The van der Waals surface area contributed by atoms with Gasteiger partial charge in [-0.2, -0.15) is 0 Å². The van der Waals surface area contributed by atoms with Crippen LogP contribution in [0.3, 0.4) is 0 Å². The minimum atomic E-state index is -0.210. The molecule has 0 spiro atoms. The molecule has 0 aliphatic rings. The molecule has 0 radical (unpaired) electrons. The van der Waals surface area contributed by atoms with Crippen molar-refractivity contribution in [3.8, 4) is 5.75 Å². The van der Waals surface area contributed by atoms with Gasteiger partial charge in [0.1, 0.15) is 5.75 Å². The van der Waals surface area contributed by atoms with Crippen LogP contribution in [-0.2, 0) is 6.42 Å². The van der Waals surface area contributed by atoms with E-state index in [9.17, 15) is 4.79 Å². The van der Waals surface area contributed by atoms with Crippen molar-refractivity contribution in [2.45, 2.75) is 13.3 Å². The van der Waals surface area contributed by atoms with Crippen LogP contribution in [0.4, 0.5) is 4.79 Å². The van der Waals surface area contributed by atoms with Gasteiger partial charge >= 0.3 is 6.03 Å². The Kier molecular flexibility index (Phi) is 6.24. The molecular weight excluding hydrogens is 288 g/mol. The third-order valence-electron chi connectivity index (χ3n) is 3.50. The summed E-state index contributed by atoms with van der Waals surface area (Å²) in [4.78, 5) is 11.7. The molecule has 2 rings (SSSR count). The molecule has 4 heteroatoms. The van der Waals surface area contributed by atoms with E-state index in [0.29, 0.717) is 6.54 Å². The Bertz CT molecular complexity index is 681. The zero-order chi connectivity index (χ0) is 16.5. The van der Waals surface area contributed by atoms with E-state index in [1.165, 1.54) is 5.56 Å². The fraction of sp³-hybridized carbons (Fsp3) is 0.211. The number of rotatable bonds is 6. The smallest absolute Gasteiger partial charge is 0.318 e. The summed E-state index contributed by atoms with van der Waals surface area (Å²) < 4.78 is 5.18. The summed E-state index contributed by atoms with van der Waals surface area (Å²) in [5, 5.41) is 5.54. The maximum absolute atomic E-state index is 11.7. The molecule has 23 heavy (non-hydrogen) atoms. The molecule has 2 amide bonds. The van der Waals surface area contributed by atoms with Gasteiger partial charge in [-0.3, -0.25) is 0 Å². The molecule has 0 bridgehead atoms. The summed E-state index contributed by atoms with van der Waals surface area (Å²) in [6.45, 7) is 2.60. The molecule has 2 aromatic carbocycles. The summed E-state index contributed by atoms with van der Waals surface area (Å²) in [7, 11) is 1.64. The number of ether oxygens (including phenoxy) is 1. The normalized spacial score (nSPS) is 10.5. The van der Waals surface area contributed by atoms with E-state index in [2.05, 4.69) is 10.6 Å². The van der Waals surface area contributed by atoms with E-state index in [0.717, 1.165) is 23.3 Å². The van der Waals surface area contributed by atoms with E-state index in [1.807, 2.05) is 61.5 Å². The minimum absolute atomic E-state index is 0.210. The number of urea groups is 1. The highest BCUT2D eigenvalue weighted by Crippen LogP contribution is 2.12. The number of hydrogen-bond donors (Lipinski definition) is 2. The first kappa shape index (κ1) is 16.6. The van der Waals surface area contributed by atoms with Crippen LogP contribution < -0.4 is 15.4 Å². The third kappa shape index (κ3) is 5.51. The number of nitrogens with one attached hydrogen (secondary N) is 2. The SMILES string of the molecule is COc1cccc(CCNC(=O)N/C=C/c2ccccc2C)c1. The van der Waals surface area contributed by atoms with Gasteiger partial charge in [0, 0.05) is 12.7 Å². The molecule has 0 saturated heterocycles. The monoisotopic (exact) mass is 310 g/mol. The number of amides is 2. The molecule has 2 N–H and O–H groups in total. The standard InChI is InChI=1S/C19H22N2O2/c1-15-6-3-4-8-17(15)11-13-21-19(22)20-12-10-16-7-5-9-18(14-16)23-2/h3-9,11,13-14H,10,12H2,1-2H3,(H2,20,21,22)/b13-11+. The van der Waals surface area contributed by atoms with Crippen molar-refractivity contribution in [2.75, 3.05) is 13.7 Å². The van der Waals surface area contributed by atoms with Gasteiger partial charge in [-0.15, -0.1) is 0 Å². The maximum atomic E-state index is 11.7. The summed E-state index contributed by atoms with van der Waals surface area (Å²) in [5.74, 6) is 0.827. The molecule has 0 heterocycles. The van der Waals surface area contributed by atoms with Gasteiger partial charge in [0.15, 0.2) is 0 Å². The Morgan fingerprint density at radius 2 is 2.00 bits per heavy atom. The lowest BCUT2D eigenvalue weighted by atomic mass is 10.1. The van der Waals surface area contributed by atoms with Gasteiger partial charge < -0.3 is 15.4 Å². The number of methoxy groups -OCH3 is 1. The fourth-order valence-corrected chi connectivity index (χ4v) is 2.18. The number of benzene rings is 2. The van der Waals surface area contributed by atoms with Crippen LogP contribution in [0.25, 0.3) is 6.08 Å². The molecule has 120 valence electrons.